The molecule has 1 N–H and O–H groups in total. The molecule has 1 atom stereocenters. The van der Waals surface area contributed by atoms with Crippen molar-refractivity contribution in [1.82, 2.24) is 10.2 Å². The van der Waals surface area contributed by atoms with Crippen molar-refractivity contribution in [3.8, 4) is 17.2 Å². The Labute approximate surface area is 165 Å². The second-order valence-electron chi connectivity index (χ2n) is 7.99. The molecular formula is C22H25ClFN3. The summed E-state index contributed by atoms with van der Waals surface area (Å²) in [7, 11) is 2.16. The highest BCUT2D eigenvalue weighted by molar-refractivity contribution is 6.34. The first-order valence-corrected chi connectivity index (χ1v) is 9.57. The van der Waals surface area contributed by atoms with E-state index in [0.29, 0.717) is 17.1 Å². The Balaban J connectivity index is 1.79. The van der Waals surface area contributed by atoms with Crippen LogP contribution in [0.4, 0.5) is 4.39 Å². The number of rotatable bonds is 5. The lowest BCUT2D eigenvalue weighted by molar-refractivity contribution is 0.295. The lowest BCUT2D eigenvalue weighted by Crippen LogP contribution is -2.33. The third kappa shape index (κ3) is 4.50. The maximum atomic E-state index is 14.0. The first kappa shape index (κ1) is 19.8. The lowest BCUT2D eigenvalue weighted by atomic mass is 9.89. The summed E-state index contributed by atoms with van der Waals surface area (Å²) in [6, 6.07) is 10.5. The van der Waals surface area contributed by atoms with Gasteiger partial charge in [0.05, 0.1) is 10.6 Å². The smallest absolute Gasteiger partial charge is 0.141 e. The van der Waals surface area contributed by atoms with Crippen molar-refractivity contribution in [3.05, 3.63) is 57.9 Å². The van der Waals surface area contributed by atoms with Crippen molar-refractivity contribution in [2.75, 3.05) is 26.7 Å². The zero-order valence-corrected chi connectivity index (χ0v) is 16.8. The molecule has 0 bridgehead atoms. The summed E-state index contributed by atoms with van der Waals surface area (Å²) in [5, 5.41) is 13.1. The number of aryl methyl sites for hydroxylation is 1. The van der Waals surface area contributed by atoms with Crippen LogP contribution in [0.15, 0.2) is 30.3 Å². The van der Waals surface area contributed by atoms with Crippen LogP contribution in [-0.2, 0) is 6.54 Å². The Morgan fingerprint density at radius 1 is 1.33 bits per heavy atom. The molecule has 1 unspecified atom stereocenters. The zero-order valence-electron chi connectivity index (χ0n) is 16.1. The summed E-state index contributed by atoms with van der Waals surface area (Å²) >= 11 is 6.66. The van der Waals surface area contributed by atoms with Crippen LogP contribution in [0.1, 0.15) is 30.0 Å². The fourth-order valence-electron chi connectivity index (χ4n) is 3.87. The highest BCUT2D eigenvalue weighted by atomic mass is 35.5. The van der Waals surface area contributed by atoms with Gasteiger partial charge in [-0.25, -0.2) is 4.39 Å². The summed E-state index contributed by atoms with van der Waals surface area (Å²) in [5.74, 6) is -0.523. The molecule has 0 saturated carbocycles. The zero-order chi connectivity index (χ0) is 19.6. The van der Waals surface area contributed by atoms with Gasteiger partial charge in [0.2, 0.25) is 0 Å². The molecule has 3 nitrogen and oxygen atoms in total. The van der Waals surface area contributed by atoms with Crippen molar-refractivity contribution in [3.63, 3.8) is 0 Å². The number of halogens is 2. The van der Waals surface area contributed by atoms with Gasteiger partial charge < -0.3 is 10.2 Å². The summed E-state index contributed by atoms with van der Waals surface area (Å²) in [6.07, 6.45) is 1.19. The summed E-state index contributed by atoms with van der Waals surface area (Å²) in [5.41, 5.74) is 3.88. The molecule has 0 aromatic heterocycles. The van der Waals surface area contributed by atoms with Crippen molar-refractivity contribution in [1.29, 1.82) is 5.26 Å². The van der Waals surface area contributed by atoms with Gasteiger partial charge in [0.15, 0.2) is 0 Å². The quantitative estimate of drug-likeness (QED) is 0.806. The SMILES string of the molecule is Cc1cc(CNCC2(C)CCN(C)C2)c(Cl)c(-c2ccc(C#N)c(F)c2)c1. The Morgan fingerprint density at radius 2 is 2.11 bits per heavy atom. The molecule has 0 aliphatic carbocycles. The van der Waals surface area contributed by atoms with Gasteiger partial charge in [-0.3, -0.25) is 0 Å². The van der Waals surface area contributed by atoms with Crippen LogP contribution in [0.25, 0.3) is 11.1 Å². The average molecular weight is 386 g/mol. The number of nitrogens with zero attached hydrogens (tertiary/aromatic N) is 2. The first-order chi connectivity index (χ1) is 12.8. The molecule has 1 fully saturated rings. The largest absolute Gasteiger partial charge is 0.312 e. The van der Waals surface area contributed by atoms with Gasteiger partial charge in [-0.1, -0.05) is 36.2 Å². The molecule has 2 aromatic rings. The maximum Gasteiger partial charge on any atom is 0.141 e. The van der Waals surface area contributed by atoms with Crippen LogP contribution < -0.4 is 5.32 Å². The average Bonchev–Trinajstić information content (AvgIpc) is 2.96. The molecule has 1 saturated heterocycles. The van der Waals surface area contributed by atoms with E-state index in [1.54, 1.807) is 6.07 Å². The Bertz CT molecular complexity index is 890. The summed E-state index contributed by atoms with van der Waals surface area (Å²) < 4.78 is 14.0. The van der Waals surface area contributed by atoms with Gasteiger partial charge in [0.1, 0.15) is 11.9 Å². The minimum absolute atomic E-state index is 0.0409. The van der Waals surface area contributed by atoms with E-state index in [2.05, 4.69) is 30.3 Å². The Morgan fingerprint density at radius 3 is 2.74 bits per heavy atom. The molecule has 1 aliphatic rings. The molecule has 1 aliphatic heterocycles. The first-order valence-electron chi connectivity index (χ1n) is 9.20. The maximum absolute atomic E-state index is 14.0. The molecule has 0 amide bonds. The number of hydrogen-bond acceptors (Lipinski definition) is 3. The standard InChI is InChI=1S/C22H25ClFN3/c1-15-8-18(12-26-13-22(2)6-7-27(3)14-22)21(23)19(9-15)16-4-5-17(11-25)20(24)10-16/h4-5,8-10,26H,6-7,12-14H2,1-3H3. The number of likely N-dealkylation sites (tertiary alicyclic amines) is 1. The van der Waals surface area contributed by atoms with Gasteiger partial charge in [-0.05, 0) is 61.7 Å². The second-order valence-corrected chi connectivity index (χ2v) is 8.37. The van der Waals surface area contributed by atoms with E-state index in [1.165, 1.54) is 18.6 Å². The van der Waals surface area contributed by atoms with Gasteiger partial charge in [-0.2, -0.15) is 5.26 Å². The van der Waals surface area contributed by atoms with E-state index < -0.39 is 5.82 Å². The molecule has 3 rings (SSSR count). The van der Waals surface area contributed by atoms with Gasteiger partial charge in [0.25, 0.3) is 0 Å². The highest BCUT2D eigenvalue weighted by Crippen LogP contribution is 2.33. The van der Waals surface area contributed by atoms with Crippen molar-refractivity contribution in [2.24, 2.45) is 5.41 Å². The van der Waals surface area contributed by atoms with Crippen LogP contribution in [0.5, 0.6) is 0 Å². The van der Waals surface area contributed by atoms with Crippen molar-refractivity contribution < 1.29 is 4.39 Å². The van der Waals surface area contributed by atoms with Gasteiger partial charge in [0, 0.05) is 25.2 Å². The molecule has 1 heterocycles. The van der Waals surface area contributed by atoms with Crippen LogP contribution in [0.3, 0.4) is 0 Å². The molecular weight excluding hydrogens is 361 g/mol. The van der Waals surface area contributed by atoms with Crippen molar-refractivity contribution in [2.45, 2.75) is 26.8 Å². The van der Waals surface area contributed by atoms with Crippen LogP contribution in [0, 0.1) is 29.5 Å². The third-order valence-electron chi connectivity index (χ3n) is 5.31. The normalized spacial score (nSPS) is 20.0. The van der Waals surface area contributed by atoms with E-state index in [4.69, 9.17) is 16.9 Å². The molecule has 5 heteroatoms. The van der Waals surface area contributed by atoms with E-state index in [0.717, 1.165) is 36.3 Å². The van der Waals surface area contributed by atoms with Gasteiger partial charge >= 0.3 is 0 Å². The third-order valence-corrected chi connectivity index (χ3v) is 5.76. The van der Waals surface area contributed by atoms with Gasteiger partial charge in [-0.15, -0.1) is 0 Å². The van der Waals surface area contributed by atoms with E-state index in [9.17, 15) is 4.39 Å². The van der Waals surface area contributed by atoms with Crippen LogP contribution in [0.2, 0.25) is 5.02 Å². The van der Waals surface area contributed by atoms with Crippen LogP contribution in [-0.4, -0.2) is 31.6 Å². The van der Waals surface area contributed by atoms with E-state index in [-0.39, 0.29) is 11.0 Å². The molecule has 0 radical (unpaired) electrons. The van der Waals surface area contributed by atoms with Crippen LogP contribution >= 0.6 is 11.6 Å². The number of nitrogens with one attached hydrogen (secondary N) is 1. The minimum atomic E-state index is -0.523. The topological polar surface area (TPSA) is 39.1 Å². The van der Waals surface area contributed by atoms with E-state index in [1.807, 2.05) is 19.1 Å². The number of hydrogen-bond donors (Lipinski definition) is 1. The summed E-state index contributed by atoms with van der Waals surface area (Å²) in [6.45, 7) is 8.16. The predicted molar refractivity (Wildman–Crippen MR) is 108 cm³/mol. The fraction of sp³-hybridized carbons (Fsp3) is 0.409. The number of benzene rings is 2. The second kappa shape index (κ2) is 7.98. The predicted octanol–water partition coefficient (Wildman–Crippen LogP) is 4.76. The highest BCUT2D eigenvalue weighted by Gasteiger charge is 2.31. The lowest BCUT2D eigenvalue weighted by Gasteiger charge is -2.24. The molecule has 142 valence electrons. The molecule has 0 spiro atoms. The van der Waals surface area contributed by atoms with Crippen molar-refractivity contribution >= 4 is 11.6 Å². The van der Waals surface area contributed by atoms with E-state index >= 15 is 0 Å². The molecule has 2 aromatic carbocycles. The Kier molecular flexibility index (Phi) is 5.86. The minimum Gasteiger partial charge on any atom is -0.312 e. The monoisotopic (exact) mass is 385 g/mol. The number of nitriles is 1. The molecule has 27 heavy (non-hydrogen) atoms. The Hall–Kier alpha value is -1.93. The summed E-state index contributed by atoms with van der Waals surface area (Å²) in [4.78, 5) is 2.36. The fourth-order valence-corrected chi connectivity index (χ4v) is 4.15.